The Kier molecular flexibility index (Phi) is 5.58. The van der Waals surface area contributed by atoms with Gasteiger partial charge < -0.3 is 10.1 Å². The van der Waals surface area contributed by atoms with Crippen molar-refractivity contribution in [1.29, 1.82) is 0 Å². The second-order valence-electron chi connectivity index (χ2n) is 3.69. The van der Waals surface area contributed by atoms with E-state index in [1.165, 1.54) is 19.2 Å². The molecule has 0 aliphatic rings. The molecule has 0 spiro atoms. The third kappa shape index (κ3) is 4.44. The standard InChI is InChI=1S/C12H15BrFNO2/c1-8-3-4-10(14)5-9(8)6-15-7-11(13)12(16)17-2/h3-5,11,15H,6-7H2,1-2H3. The van der Waals surface area contributed by atoms with E-state index in [4.69, 9.17) is 0 Å². The van der Waals surface area contributed by atoms with Crippen LogP contribution in [0.1, 0.15) is 11.1 Å². The summed E-state index contributed by atoms with van der Waals surface area (Å²) < 4.78 is 17.6. The normalized spacial score (nSPS) is 12.2. The number of aryl methyl sites for hydroxylation is 1. The Labute approximate surface area is 108 Å². The van der Waals surface area contributed by atoms with Crippen LogP contribution in [0.25, 0.3) is 0 Å². The van der Waals surface area contributed by atoms with Gasteiger partial charge in [0, 0.05) is 13.1 Å². The number of carbonyl (C=O) groups is 1. The number of carbonyl (C=O) groups excluding carboxylic acids is 1. The number of alkyl halides is 1. The topological polar surface area (TPSA) is 38.3 Å². The van der Waals surface area contributed by atoms with Crippen molar-refractivity contribution in [3.05, 3.63) is 35.1 Å². The van der Waals surface area contributed by atoms with Crippen molar-refractivity contribution in [2.75, 3.05) is 13.7 Å². The van der Waals surface area contributed by atoms with Crippen LogP contribution in [0.2, 0.25) is 0 Å². The highest BCUT2D eigenvalue weighted by atomic mass is 79.9. The van der Waals surface area contributed by atoms with Gasteiger partial charge in [0.15, 0.2) is 0 Å². The number of benzene rings is 1. The maximum absolute atomic E-state index is 13.0. The van der Waals surface area contributed by atoms with Crippen molar-refractivity contribution >= 4 is 21.9 Å². The van der Waals surface area contributed by atoms with E-state index in [1.54, 1.807) is 6.07 Å². The Balaban J connectivity index is 2.45. The van der Waals surface area contributed by atoms with E-state index < -0.39 is 0 Å². The van der Waals surface area contributed by atoms with Crippen LogP contribution in [-0.4, -0.2) is 24.5 Å². The van der Waals surface area contributed by atoms with Gasteiger partial charge in [-0.2, -0.15) is 0 Å². The van der Waals surface area contributed by atoms with E-state index >= 15 is 0 Å². The number of nitrogens with one attached hydrogen (secondary N) is 1. The lowest BCUT2D eigenvalue weighted by atomic mass is 10.1. The maximum atomic E-state index is 13.0. The first kappa shape index (κ1) is 14.1. The minimum Gasteiger partial charge on any atom is -0.468 e. The molecule has 0 aliphatic heterocycles. The van der Waals surface area contributed by atoms with Crippen LogP contribution in [0.3, 0.4) is 0 Å². The smallest absolute Gasteiger partial charge is 0.320 e. The van der Waals surface area contributed by atoms with Gasteiger partial charge in [0.05, 0.1) is 7.11 Å². The molecular formula is C12H15BrFNO2. The van der Waals surface area contributed by atoms with Gasteiger partial charge in [-0.05, 0) is 30.2 Å². The summed E-state index contributed by atoms with van der Waals surface area (Å²) in [7, 11) is 1.34. The number of halogens is 2. The summed E-state index contributed by atoms with van der Waals surface area (Å²) in [5.41, 5.74) is 1.90. The Hall–Kier alpha value is -0.940. The molecule has 5 heteroatoms. The molecule has 0 fully saturated rings. The number of hydrogen-bond acceptors (Lipinski definition) is 3. The Morgan fingerprint density at radius 1 is 1.59 bits per heavy atom. The molecule has 0 aromatic heterocycles. The highest BCUT2D eigenvalue weighted by Gasteiger charge is 2.14. The fraction of sp³-hybridized carbons (Fsp3) is 0.417. The molecule has 94 valence electrons. The second kappa shape index (κ2) is 6.71. The van der Waals surface area contributed by atoms with Crippen LogP contribution < -0.4 is 5.32 Å². The third-order valence-electron chi connectivity index (χ3n) is 2.41. The minimum absolute atomic E-state index is 0.254. The van der Waals surface area contributed by atoms with Crippen LogP contribution in [0.15, 0.2) is 18.2 Å². The molecule has 0 aliphatic carbocycles. The first-order valence-electron chi connectivity index (χ1n) is 5.22. The van der Waals surface area contributed by atoms with E-state index in [0.717, 1.165) is 11.1 Å². The molecule has 0 radical (unpaired) electrons. The molecular weight excluding hydrogens is 289 g/mol. The Morgan fingerprint density at radius 3 is 2.94 bits per heavy atom. The van der Waals surface area contributed by atoms with Crippen molar-refractivity contribution < 1.29 is 13.9 Å². The molecule has 3 nitrogen and oxygen atoms in total. The van der Waals surface area contributed by atoms with Crippen LogP contribution >= 0.6 is 15.9 Å². The molecule has 0 saturated carbocycles. The lowest BCUT2D eigenvalue weighted by Crippen LogP contribution is -2.29. The van der Waals surface area contributed by atoms with Gasteiger partial charge in [0.2, 0.25) is 0 Å². The first-order chi connectivity index (χ1) is 8.04. The molecule has 0 heterocycles. The molecule has 1 aromatic rings. The van der Waals surface area contributed by atoms with Crippen molar-refractivity contribution in [2.45, 2.75) is 18.3 Å². The van der Waals surface area contributed by atoms with Gasteiger partial charge in [0.25, 0.3) is 0 Å². The second-order valence-corrected chi connectivity index (χ2v) is 4.80. The van der Waals surface area contributed by atoms with E-state index in [0.29, 0.717) is 13.1 Å². The zero-order chi connectivity index (χ0) is 12.8. The number of ether oxygens (including phenoxy) is 1. The predicted octanol–water partition coefficient (Wildman–Crippen LogP) is 2.16. The maximum Gasteiger partial charge on any atom is 0.320 e. The Morgan fingerprint density at radius 2 is 2.29 bits per heavy atom. The summed E-state index contributed by atoms with van der Waals surface area (Å²) in [6, 6.07) is 4.66. The SMILES string of the molecule is COC(=O)C(Br)CNCc1cc(F)ccc1C. The third-order valence-corrected chi connectivity index (χ3v) is 3.10. The van der Waals surface area contributed by atoms with Gasteiger partial charge in [-0.15, -0.1) is 0 Å². The summed E-state index contributed by atoms with van der Waals surface area (Å²) in [5, 5.41) is 3.07. The fourth-order valence-electron chi connectivity index (χ4n) is 1.38. The van der Waals surface area contributed by atoms with E-state index in [1.807, 2.05) is 6.92 Å². The highest BCUT2D eigenvalue weighted by molar-refractivity contribution is 9.10. The average Bonchev–Trinajstić information content (AvgIpc) is 2.32. The van der Waals surface area contributed by atoms with Crippen molar-refractivity contribution in [3.8, 4) is 0 Å². The summed E-state index contributed by atoms with van der Waals surface area (Å²) in [4.78, 5) is 10.7. The molecule has 0 saturated heterocycles. The quantitative estimate of drug-likeness (QED) is 0.669. The lowest BCUT2D eigenvalue weighted by Gasteiger charge is -2.10. The van der Waals surface area contributed by atoms with Crippen LogP contribution in [0, 0.1) is 12.7 Å². The zero-order valence-corrected chi connectivity index (χ0v) is 11.4. The monoisotopic (exact) mass is 303 g/mol. The molecule has 1 N–H and O–H groups in total. The summed E-state index contributed by atoms with van der Waals surface area (Å²) in [6.45, 7) is 2.87. The van der Waals surface area contributed by atoms with Gasteiger partial charge in [-0.3, -0.25) is 4.79 Å². The predicted molar refractivity (Wildman–Crippen MR) is 67.6 cm³/mol. The number of methoxy groups -OCH3 is 1. The summed E-state index contributed by atoms with van der Waals surface area (Å²) in [5.74, 6) is -0.579. The summed E-state index contributed by atoms with van der Waals surface area (Å²) in [6.07, 6.45) is 0. The van der Waals surface area contributed by atoms with E-state index in [-0.39, 0.29) is 16.6 Å². The average molecular weight is 304 g/mol. The lowest BCUT2D eigenvalue weighted by molar-refractivity contribution is -0.139. The molecule has 1 aromatic carbocycles. The van der Waals surface area contributed by atoms with Crippen molar-refractivity contribution in [2.24, 2.45) is 0 Å². The molecule has 1 unspecified atom stereocenters. The molecule has 1 rings (SSSR count). The van der Waals surface area contributed by atoms with Gasteiger partial charge in [-0.25, -0.2) is 4.39 Å². The minimum atomic E-state index is -0.388. The largest absolute Gasteiger partial charge is 0.468 e. The van der Waals surface area contributed by atoms with Crippen LogP contribution in [-0.2, 0) is 16.1 Å². The van der Waals surface area contributed by atoms with Gasteiger partial charge in [0.1, 0.15) is 10.6 Å². The molecule has 0 bridgehead atoms. The fourth-order valence-corrected chi connectivity index (χ4v) is 1.79. The number of rotatable bonds is 5. The highest BCUT2D eigenvalue weighted by Crippen LogP contribution is 2.10. The molecule has 17 heavy (non-hydrogen) atoms. The van der Waals surface area contributed by atoms with Gasteiger partial charge >= 0.3 is 5.97 Å². The number of hydrogen-bond donors (Lipinski definition) is 1. The Bertz CT molecular complexity index is 398. The van der Waals surface area contributed by atoms with Crippen molar-refractivity contribution in [1.82, 2.24) is 5.32 Å². The zero-order valence-electron chi connectivity index (χ0n) is 9.80. The van der Waals surface area contributed by atoms with Gasteiger partial charge in [-0.1, -0.05) is 22.0 Å². The van der Waals surface area contributed by atoms with E-state index in [9.17, 15) is 9.18 Å². The van der Waals surface area contributed by atoms with Crippen LogP contribution in [0.4, 0.5) is 4.39 Å². The molecule has 1 atom stereocenters. The molecule has 0 amide bonds. The van der Waals surface area contributed by atoms with Crippen molar-refractivity contribution in [3.63, 3.8) is 0 Å². The number of esters is 1. The van der Waals surface area contributed by atoms with E-state index in [2.05, 4.69) is 26.0 Å². The van der Waals surface area contributed by atoms with Crippen LogP contribution in [0.5, 0.6) is 0 Å². The first-order valence-corrected chi connectivity index (χ1v) is 6.13. The summed E-state index contributed by atoms with van der Waals surface area (Å²) >= 11 is 3.20.